The zero-order valence-corrected chi connectivity index (χ0v) is 11.2. The molecule has 2 rings (SSSR count). The molecule has 17 heavy (non-hydrogen) atoms. The van der Waals surface area contributed by atoms with Crippen molar-refractivity contribution < 1.29 is 0 Å². The van der Waals surface area contributed by atoms with Crippen molar-refractivity contribution in [2.45, 2.75) is 39.7 Å². The lowest BCUT2D eigenvalue weighted by atomic mass is 10.0. The van der Waals surface area contributed by atoms with Crippen molar-refractivity contribution in [1.82, 2.24) is 4.90 Å². The largest absolute Gasteiger partial charge is 0.368 e. The Morgan fingerprint density at radius 1 is 1.29 bits per heavy atom. The number of hydrogen-bond donors (Lipinski definition) is 0. The Kier molecular flexibility index (Phi) is 3.56. The summed E-state index contributed by atoms with van der Waals surface area (Å²) in [6.45, 7) is 12.0. The van der Waals surface area contributed by atoms with Gasteiger partial charge in [-0.3, -0.25) is 0 Å². The molecule has 1 aromatic carbocycles. The van der Waals surface area contributed by atoms with Crippen molar-refractivity contribution in [2.75, 3.05) is 6.54 Å². The fraction of sp³-hybridized carbons (Fsp3) is 0.500. The van der Waals surface area contributed by atoms with Crippen molar-refractivity contribution >= 4 is 0 Å². The summed E-state index contributed by atoms with van der Waals surface area (Å²) in [5.74, 6) is 0.543. The van der Waals surface area contributed by atoms with E-state index in [-0.39, 0.29) is 0 Å². The number of aryl methyl sites for hydroxylation is 1. The Balaban J connectivity index is 2.20. The van der Waals surface area contributed by atoms with E-state index in [1.54, 1.807) is 0 Å². The Morgan fingerprint density at radius 3 is 2.53 bits per heavy atom. The van der Waals surface area contributed by atoms with Gasteiger partial charge in [-0.05, 0) is 31.2 Å². The Hall–Kier alpha value is -1.24. The van der Waals surface area contributed by atoms with Gasteiger partial charge in [0.15, 0.2) is 0 Å². The quantitative estimate of drug-likeness (QED) is 0.747. The fourth-order valence-electron chi connectivity index (χ4n) is 2.58. The predicted octanol–water partition coefficient (Wildman–Crippen LogP) is 4.30. The van der Waals surface area contributed by atoms with E-state index in [4.69, 9.17) is 0 Å². The monoisotopic (exact) mass is 229 g/mol. The molecule has 1 heteroatoms. The van der Waals surface area contributed by atoms with Crippen molar-refractivity contribution in [3.05, 3.63) is 47.7 Å². The van der Waals surface area contributed by atoms with Crippen LogP contribution >= 0.6 is 0 Å². The van der Waals surface area contributed by atoms with Crippen LogP contribution in [0.1, 0.15) is 43.9 Å². The summed E-state index contributed by atoms with van der Waals surface area (Å²) in [5, 5.41) is 0. The lowest BCUT2D eigenvalue weighted by Crippen LogP contribution is -2.24. The van der Waals surface area contributed by atoms with Crippen LogP contribution in [-0.2, 0) is 0 Å². The number of nitrogens with zero attached hydrogens (tertiary/aromatic N) is 1. The maximum Gasteiger partial charge on any atom is 0.0540 e. The molecule has 0 bridgehead atoms. The molecular weight excluding hydrogens is 206 g/mol. The lowest BCUT2D eigenvalue weighted by Gasteiger charge is -2.31. The maximum absolute atomic E-state index is 4.26. The highest BCUT2D eigenvalue weighted by Gasteiger charge is 2.27. The summed E-state index contributed by atoms with van der Waals surface area (Å²) in [6.07, 6.45) is 2.54. The smallest absolute Gasteiger partial charge is 0.0540 e. The van der Waals surface area contributed by atoms with E-state index >= 15 is 0 Å². The van der Waals surface area contributed by atoms with Crippen LogP contribution in [0.2, 0.25) is 0 Å². The number of rotatable bonds is 3. The lowest BCUT2D eigenvalue weighted by molar-refractivity contribution is 0.298. The average Bonchev–Trinajstić information content (AvgIpc) is 2.77. The second-order valence-corrected chi connectivity index (χ2v) is 5.41. The summed E-state index contributed by atoms with van der Waals surface area (Å²) < 4.78 is 0. The van der Waals surface area contributed by atoms with Crippen LogP contribution in [0.4, 0.5) is 0 Å². The molecule has 92 valence electrons. The predicted molar refractivity (Wildman–Crippen MR) is 73.8 cm³/mol. The van der Waals surface area contributed by atoms with Gasteiger partial charge in [-0.25, -0.2) is 0 Å². The number of benzene rings is 1. The van der Waals surface area contributed by atoms with E-state index in [9.17, 15) is 0 Å². The van der Waals surface area contributed by atoms with Crippen LogP contribution in [0.25, 0.3) is 0 Å². The molecule has 0 saturated carbocycles. The van der Waals surface area contributed by atoms with Crippen molar-refractivity contribution in [2.24, 2.45) is 5.92 Å². The SMILES string of the molecule is C=C(C(C)C)N1CCCC1c1ccc(C)cc1. The summed E-state index contributed by atoms with van der Waals surface area (Å²) in [6, 6.07) is 9.51. The van der Waals surface area contributed by atoms with E-state index in [2.05, 4.69) is 56.5 Å². The molecule has 1 aromatic rings. The molecule has 0 N–H and O–H groups in total. The standard InChI is InChI=1S/C16H23N/c1-12(2)14(4)17-11-5-6-16(17)15-9-7-13(3)8-10-15/h7-10,12,16H,4-6,11H2,1-3H3. The highest BCUT2D eigenvalue weighted by atomic mass is 15.2. The van der Waals surface area contributed by atoms with Crippen molar-refractivity contribution in [1.29, 1.82) is 0 Å². The number of hydrogen-bond acceptors (Lipinski definition) is 1. The Bertz CT molecular complexity index is 388. The molecule has 1 saturated heterocycles. The van der Waals surface area contributed by atoms with E-state index < -0.39 is 0 Å². The molecule has 1 atom stereocenters. The van der Waals surface area contributed by atoms with Crippen LogP contribution in [0.3, 0.4) is 0 Å². The van der Waals surface area contributed by atoms with E-state index in [0.29, 0.717) is 12.0 Å². The van der Waals surface area contributed by atoms with E-state index in [1.807, 2.05) is 0 Å². The van der Waals surface area contributed by atoms with Gasteiger partial charge in [-0.2, -0.15) is 0 Å². The first-order valence-electron chi connectivity index (χ1n) is 6.61. The molecule has 1 aliphatic rings. The molecule has 0 aromatic heterocycles. The van der Waals surface area contributed by atoms with Gasteiger partial charge in [0.25, 0.3) is 0 Å². The van der Waals surface area contributed by atoms with Gasteiger partial charge < -0.3 is 4.90 Å². The molecular formula is C16H23N. The van der Waals surface area contributed by atoms with Crippen LogP contribution in [0.15, 0.2) is 36.5 Å². The fourth-order valence-corrected chi connectivity index (χ4v) is 2.58. The van der Waals surface area contributed by atoms with Gasteiger partial charge in [0.2, 0.25) is 0 Å². The van der Waals surface area contributed by atoms with Gasteiger partial charge in [-0.1, -0.05) is 50.3 Å². The second-order valence-electron chi connectivity index (χ2n) is 5.41. The van der Waals surface area contributed by atoms with E-state index in [1.165, 1.54) is 29.7 Å². The Labute approximate surface area is 105 Å². The molecule has 1 unspecified atom stereocenters. The first-order valence-corrected chi connectivity index (χ1v) is 6.61. The van der Waals surface area contributed by atoms with Gasteiger partial charge in [0.1, 0.15) is 0 Å². The Morgan fingerprint density at radius 2 is 1.94 bits per heavy atom. The summed E-state index contributed by atoms with van der Waals surface area (Å²) in [7, 11) is 0. The highest BCUT2D eigenvalue weighted by molar-refractivity contribution is 5.26. The zero-order chi connectivity index (χ0) is 12.4. The second kappa shape index (κ2) is 4.95. The van der Waals surface area contributed by atoms with Gasteiger partial charge in [-0.15, -0.1) is 0 Å². The maximum atomic E-state index is 4.26. The summed E-state index contributed by atoms with van der Waals surface area (Å²) in [5.41, 5.74) is 4.06. The molecule has 1 nitrogen and oxygen atoms in total. The topological polar surface area (TPSA) is 3.24 Å². The third kappa shape index (κ3) is 2.54. The molecule has 1 aliphatic heterocycles. The van der Waals surface area contributed by atoms with Gasteiger partial charge in [0, 0.05) is 12.2 Å². The summed E-state index contributed by atoms with van der Waals surface area (Å²) >= 11 is 0. The molecule has 1 fully saturated rings. The van der Waals surface area contributed by atoms with Crippen LogP contribution in [0.5, 0.6) is 0 Å². The number of allylic oxidation sites excluding steroid dienone is 1. The average molecular weight is 229 g/mol. The normalized spacial score (nSPS) is 20.0. The summed E-state index contributed by atoms with van der Waals surface area (Å²) in [4.78, 5) is 2.50. The third-order valence-electron chi connectivity index (χ3n) is 3.75. The van der Waals surface area contributed by atoms with Crippen LogP contribution in [-0.4, -0.2) is 11.4 Å². The van der Waals surface area contributed by atoms with Crippen LogP contribution in [0, 0.1) is 12.8 Å². The first kappa shape index (κ1) is 12.2. The number of likely N-dealkylation sites (tertiary alicyclic amines) is 1. The molecule has 0 radical (unpaired) electrons. The minimum absolute atomic E-state index is 0.543. The zero-order valence-electron chi connectivity index (χ0n) is 11.2. The molecule has 0 amide bonds. The minimum Gasteiger partial charge on any atom is -0.368 e. The van der Waals surface area contributed by atoms with Crippen molar-refractivity contribution in [3.8, 4) is 0 Å². The van der Waals surface area contributed by atoms with E-state index in [0.717, 1.165) is 6.54 Å². The van der Waals surface area contributed by atoms with Gasteiger partial charge in [0.05, 0.1) is 6.04 Å². The van der Waals surface area contributed by atoms with Crippen molar-refractivity contribution in [3.63, 3.8) is 0 Å². The molecule has 0 aliphatic carbocycles. The molecule has 0 spiro atoms. The van der Waals surface area contributed by atoms with Crippen LogP contribution < -0.4 is 0 Å². The minimum atomic E-state index is 0.543. The molecule has 1 heterocycles. The first-order chi connectivity index (χ1) is 8.09. The highest BCUT2D eigenvalue weighted by Crippen LogP contribution is 2.36. The van der Waals surface area contributed by atoms with Gasteiger partial charge >= 0.3 is 0 Å². The third-order valence-corrected chi connectivity index (χ3v) is 3.75.